The smallest absolute Gasteiger partial charge is 0.135 e. The Balaban J connectivity index is 1.87. The summed E-state index contributed by atoms with van der Waals surface area (Å²) in [5.74, 6) is 1.34. The Hall–Kier alpha value is -3.12. The standard InChI is InChI=1S/C19H18N4O2/c1-12(24)19-21-16-7-4-13(10-17(16)22-19)15-6-5-14(25-2)11-18(15)23-9-3-8-20-23/h3-12,24H,1-2H3,(H,21,22)/t12-/m0/s1. The van der Waals surface area contributed by atoms with E-state index in [1.807, 2.05) is 53.3 Å². The number of benzene rings is 2. The predicted octanol–water partition coefficient (Wildman–Crippen LogP) is 3.48. The molecule has 0 amide bonds. The van der Waals surface area contributed by atoms with Gasteiger partial charge in [-0.1, -0.05) is 6.07 Å². The van der Waals surface area contributed by atoms with Crippen LogP contribution >= 0.6 is 0 Å². The number of ether oxygens (including phenoxy) is 1. The molecule has 0 aliphatic carbocycles. The highest BCUT2D eigenvalue weighted by Gasteiger charge is 2.12. The largest absolute Gasteiger partial charge is 0.497 e. The molecule has 4 aromatic rings. The molecular formula is C19H18N4O2. The molecule has 0 spiro atoms. The summed E-state index contributed by atoms with van der Waals surface area (Å²) in [4.78, 5) is 7.58. The lowest BCUT2D eigenvalue weighted by Crippen LogP contribution is -1.98. The Morgan fingerprint density at radius 3 is 2.80 bits per heavy atom. The molecule has 2 N–H and O–H groups in total. The third kappa shape index (κ3) is 2.77. The number of aliphatic hydroxyl groups is 1. The van der Waals surface area contributed by atoms with E-state index in [1.165, 1.54) is 0 Å². The number of H-pyrrole nitrogens is 1. The average molecular weight is 334 g/mol. The normalized spacial score (nSPS) is 12.4. The highest BCUT2D eigenvalue weighted by atomic mass is 16.5. The van der Waals surface area contributed by atoms with Crippen LogP contribution in [0.5, 0.6) is 5.75 Å². The first-order chi connectivity index (χ1) is 12.2. The topological polar surface area (TPSA) is 76.0 Å². The van der Waals surface area contributed by atoms with Gasteiger partial charge in [-0.25, -0.2) is 9.67 Å². The molecule has 6 nitrogen and oxygen atoms in total. The minimum absolute atomic E-state index is 0.564. The predicted molar refractivity (Wildman–Crippen MR) is 95.8 cm³/mol. The minimum atomic E-state index is -0.628. The van der Waals surface area contributed by atoms with Crippen LogP contribution in [0.2, 0.25) is 0 Å². The van der Waals surface area contributed by atoms with Crippen LogP contribution in [0.1, 0.15) is 18.9 Å². The van der Waals surface area contributed by atoms with Gasteiger partial charge < -0.3 is 14.8 Å². The van der Waals surface area contributed by atoms with Gasteiger partial charge in [0.15, 0.2) is 0 Å². The van der Waals surface area contributed by atoms with E-state index in [1.54, 1.807) is 20.2 Å². The number of fused-ring (bicyclic) bond motifs is 1. The van der Waals surface area contributed by atoms with Gasteiger partial charge in [0.2, 0.25) is 0 Å². The summed E-state index contributed by atoms with van der Waals surface area (Å²) in [6, 6.07) is 13.8. The Morgan fingerprint density at radius 2 is 2.08 bits per heavy atom. The zero-order valence-corrected chi connectivity index (χ0v) is 14.0. The maximum Gasteiger partial charge on any atom is 0.135 e. The maximum absolute atomic E-state index is 9.72. The van der Waals surface area contributed by atoms with E-state index in [2.05, 4.69) is 15.1 Å². The molecule has 2 aromatic heterocycles. The first-order valence-electron chi connectivity index (χ1n) is 8.02. The van der Waals surface area contributed by atoms with Crippen LogP contribution in [0.25, 0.3) is 27.8 Å². The fourth-order valence-corrected chi connectivity index (χ4v) is 2.88. The summed E-state index contributed by atoms with van der Waals surface area (Å²) < 4.78 is 7.17. The fraction of sp³-hybridized carbons (Fsp3) is 0.158. The van der Waals surface area contributed by atoms with Crippen LogP contribution in [-0.4, -0.2) is 32.0 Å². The zero-order valence-electron chi connectivity index (χ0n) is 14.0. The Kier molecular flexibility index (Phi) is 3.74. The fourth-order valence-electron chi connectivity index (χ4n) is 2.88. The van der Waals surface area contributed by atoms with E-state index in [0.29, 0.717) is 5.82 Å². The molecule has 0 saturated heterocycles. The number of aromatic nitrogens is 4. The van der Waals surface area contributed by atoms with Crippen molar-refractivity contribution in [2.45, 2.75) is 13.0 Å². The Labute approximate surface area is 144 Å². The van der Waals surface area contributed by atoms with E-state index in [0.717, 1.165) is 33.6 Å². The molecule has 0 unspecified atom stereocenters. The van der Waals surface area contributed by atoms with Crippen molar-refractivity contribution in [2.24, 2.45) is 0 Å². The van der Waals surface area contributed by atoms with E-state index < -0.39 is 6.10 Å². The van der Waals surface area contributed by atoms with Crippen LogP contribution in [0.3, 0.4) is 0 Å². The molecule has 1 atom stereocenters. The summed E-state index contributed by atoms with van der Waals surface area (Å²) in [7, 11) is 1.65. The van der Waals surface area contributed by atoms with Crippen molar-refractivity contribution in [2.75, 3.05) is 7.11 Å². The molecule has 0 aliphatic heterocycles. The summed E-state index contributed by atoms with van der Waals surface area (Å²) >= 11 is 0. The van der Waals surface area contributed by atoms with Gasteiger partial charge in [0.05, 0.1) is 23.8 Å². The van der Waals surface area contributed by atoms with Crippen LogP contribution in [0.4, 0.5) is 0 Å². The number of methoxy groups -OCH3 is 1. The Bertz CT molecular complexity index is 1020. The van der Waals surface area contributed by atoms with Crippen LogP contribution in [0, 0.1) is 0 Å². The third-order valence-corrected chi connectivity index (χ3v) is 4.16. The molecule has 0 radical (unpaired) electrons. The summed E-state index contributed by atoms with van der Waals surface area (Å²) in [5, 5.41) is 14.1. The maximum atomic E-state index is 9.72. The van der Waals surface area contributed by atoms with Crippen molar-refractivity contribution < 1.29 is 9.84 Å². The average Bonchev–Trinajstić information content (AvgIpc) is 3.30. The van der Waals surface area contributed by atoms with Gasteiger partial charge in [-0.3, -0.25) is 0 Å². The van der Waals surface area contributed by atoms with E-state index in [4.69, 9.17) is 4.74 Å². The van der Waals surface area contributed by atoms with Gasteiger partial charge in [0.1, 0.15) is 17.7 Å². The third-order valence-electron chi connectivity index (χ3n) is 4.16. The van der Waals surface area contributed by atoms with Gasteiger partial charge in [-0.15, -0.1) is 0 Å². The lowest BCUT2D eigenvalue weighted by molar-refractivity contribution is 0.190. The van der Waals surface area contributed by atoms with Gasteiger partial charge >= 0.3 is 0 Å². The molecule has 2 heterocycles. The highest BCUT2D eigenvalue weighted by Crippen LogP contribution is 2.31. The lowest BCUT2D eigenvalue weighted by atomic mass is 10.0. The number of aliphatic hydroxyl groups excluding tert-OH is 1. The zero-order chi connectivity index (χ0) is 17.4. The molecule has 0 aliphatic rings. The lowest BCUT2D eigenvalue weighted by Gasteiger charge is -2.12. The number of hydrogen-bond donors (Lipinski definition) is 2. The monoisotopic (exact) mass is 334 g/mol. The van der Waals surface area contributed by atoms with Gasteiger partial charge in [0.25, 0.3) is 0 Å². The number of imidazole rings is 1. The molecule has 126 valence electrons. The number of nitrogens with one attached hydrogen (secondary N) is 1. The first-order valence-corrected chi connectivity index (χ1v) is 8.02. The van der Waals surface area contributed by atoms with Gasteiger partial charge in [-0.05, 0) is 42.8 Å². The number of aromatic amines is 1. The van der Waals surface area contributed by atoms with Gasteiger partial charge in [-0.2, -0.15) is 5.10 Å². The van der Waals surface area contributed by atoms with Crippen LogP contribution < -0.4 is 4.74 Å². The number of hydrogen-bond acceptors (Lipinski definition) is 4. The molecule has 2 aromatic carbocycles. The molecule has 25 heavy (non-hydrogen) atoms. The number of rotatable bonds is 4. The van der Waals surface area contributed by atoms with Crippen molar-refractivity contribution >= 4 is 11.0 Å². The number of nitrogens with zero attached hydrogens (tertiary/aromatic N) is 3. The molecule has 0 bridgehead atoms. The van der Waals surface area contributed by atoms with Gasteiger partial charge in [0, 0.05) is 24.0 Å². The minimum Gasteiger partial charge on any atom is -0.497 e. The molecule has 0 fully saturated rings. The highest BCUT2D eigenvalue weighted by molar-refractivity contribution is 5.84. The SMILES string of the molecule is COc1ccc(-c2ccc3nc([C@H](C)O)[nH]c3c2)c(-n2cccn2)c1. The van der Waals surface area contributed by atoms with Crippen molar-refractivity contribution in [3.05, 3.63) is 60.7 Å². The van der Waals surface area contributed by atoms with Crippen molar-refractivity contribution in [1.82, 2.24) is 19.7 Å². The molecular weight excluding hydrogens is 316 g/mol. The molecule has 0 saturated carbocycles. The van der Waals surface area contributed by atoms with Crippen molar-refractivity contribution in [3.8, 4) is 22.6 Å². The molecule has 6 heteroatoms. The van der Waals surface area contributed by atoms with Crippen molar-refractivity contribution in [3.63, 3.8) is 0 Å². The summed E-state index contributed by atoms with van der Waals surface area (Å²) in [6.07, 6.45) is 3.02. The quantitative estimate of drug-likeness (QED) is 0.599. The van der Waals surface area contributed by atoms with Crippen molar-refractivity contribution in [1.29, 1.82) is 0 Å². The molecule has 4 rings (SSSR count). The first kappa shape index (κ1) is 15.4. The summed E-state index contributed by atoms with van der Waals surface area (Å²) in [6.45, 7) is 1.69. The van der Waals surface area contributed by atoms with E-state index in [9.17, 15) is 5.11 Å². The van der Waals surface area contributed by atoms with E-state index >= 15 is 0 Å². The second-order valence-corrected chi connectivity index (χ2v) is 5.86. The second-order valence-electron chi connectivity index (χ2n) is 5.86. The summed E-state index contributed by atoms with van der Waals surface area (Å²) in [5.41, 5.74) is 4.70. The van der Waals surface area contributed by atoms with Crippen LogP contribution in [0.15, 0.2) is 54.9 Å². The Morgan fingerprint density at radius 1 is 1.20 bits per heavy atom. The second kappa shape index (κ2) is 6.07. The van der Waals surface area contributed by atoms with E-state index in [-0.39, 0.29) is 0 Å². The van der Waals surface area contributed by atoms with Crippen LogP contribution in [-0.2, 0) is 0 Å².